The van der Waals surface area contributed by atoms with Gasteiger partial charge in [-0.15, -0.1) is 0 Å². The molecule has 0 saturated carbocycles. The fraction of sp³-hybridized carbons (Fsp3) is 0.174. The lowest BCUT2D eigenvalue weighted by atomic mass is 9.92. The number of benzene rings is 2. The third kappa shape index (κ3) is 4.33. The molecular weight excluding hydrogens is 426 g/mol. The smallest absolute Gasteiger partial charge is 0.261 e. The molecule has 0 spiro atoms. The molecule has 1 aliphatic rings. The molecular formula is C23H21N5O3S. The Labute approximate surface area is 186 Å². The Morgan fingerprint density at radius 2 is 1.75 bits per heavy atom. The summed E-state index contributed by atoms with van der Waals surface area (Å²) in [6, 6.07) is 13.8. The van der Waals surface area contributed by atoms with Crippen molar-refractivity contribution < 1.29 is 13.2 Å². The van der Waals surface area contributed by atoms with Gasteiger partial charge < -0.3 is 4.74 Å². The van der Waals surface area contributed by atoms with Gasteiger partial charge in [0.1, 0.15) is 24.2 Å². The molecule has 5 rings (SSSR count). The summed E-state index contributed by atoms with van der Waals surface area (Å²) < 4.78 is 35.9. The molecule has 0 radical (unpaired) electrons. The van der Waals surface area contributed by atoms with Crippen LogP contribution >= 0.6 is 0 Å². The van der Waals surface area contributed by atoms with Crippen LogP contribution in [0.2, 0.25) is 0 Å². The molecule has 4 aromatic rings. The monoisotopic (exact) mass is 447 g/mol. The van der Waals surface area contributed by atoms with Crippen molar-refractivity contribution in [3.8, 4) is 17.4 Å². The lowest BCUT2D eigenvalue weighted by Crippen LogP contribution is -2.14. The second-order valence-electron chi connectivity index (χ2n) is 7.55. The van der Waals surface area contributed by atoms with E-state index in [9.17, 15) is 8.42 Å². The highest BCUT2D eigenvalue weighted by Gasteiger charge is 2.18. The lowest BCUT2D eigenvalue weighted by Gasteiger charge is -2.17. The number of hydrogen-bond acceptors (Lipinski definition) is 6. The van der Waals surface area contributed by atoms with Gasteiger partial charge in [0, 0.05) is 24.1 Å². The van der Waals surface area contributed by atoms with Crippen molar-refractivity contribution in [1.82, 2.24) is 19.5 Å². The first-order valence-corrected chi connectivity index (χ1v) is 11.8. The Morgan fingerprint density at radius 1 is 0.938 bits per heavy atom. The van der Waals surface area contributed by atoms with Crippen LogP contribution in [-0.2, 0) is 22.9 Å². The molecule has 0 atom stereocenters. The van der Waals surface area contributed by atoms with Crippen molar-refractivity contribution >= 4 is 15.7 Å². The first kappa shape index (κ1) is 20.2. The van der Waals surface area contributed by atoms with Gasteiger partial charge in [0.25, 0.3) is 10.0 Å². The summed E-state index contributed by atoms with van der Waals surface area (Å²) in [5.74, 6) is 1.52. The average Bonchev–Trinajstić information content (AvgIpc) is 3.35. The van der Waals surface area contributed by atoms with E-state index in [1.54, 1.807) is 65.8 Å². The average molecular weight is 448 g/mol. The van der Waals surface area contributed by atoms with Crippen molar-refractivity contribution in [2.75, 3.05) is 4.72 Å². The predicted octanol–water partition coefficient (Wildman–Crippen LogP) is 4.13. The molecule has 1 aliphatic carbocycles. The maximum atomic E-state index is 12.8. The highest BCUT2D eigenvalue weighted by molar-refractivity contribution is 7.92. The van der Waals surface area contributed by atoms with Crippen LogP contribution in [0.1, 0.15) is 24.0 Å². The summed E-state index contributed by atoms with van der Waals surface area (Å²) in [4.78, 5) is 12.6. The number of sulfonamides is 1. The van der Waals surface area contributed by atoms with Gasteiger partial charge in [0.2, 0.25) is 5.88 Å². The SMILES string of the molecule is O=S(=O)(Nc1ccc(Oc2cc(-n3ccnc3)ncn2)cc1)c1ccc2c(c1)CCCC2. The van der Waals surface area contributed by atoms with E-state index in [4.69, 9.17) is 4.74 Å². The van der Waals surface area contributed by atoms with Crippen molar-refractivity contribution in [1.29, 1.82) is 0 Å². The van der Waals surface area contributed by atoms with E-state index in [2.05, 4.69) is 19.7 Å². The fourth-order valence-electron chi connectivity index (χ4n) is 3.72. The van der Waals surface area contributed by atoms with Crippen LogP contribution in [0.5, 0.6) is 11.6 Å². The Hall–Kier alpha value is -3.72. The molecule has 162 valence electrons. The topological polar surface area (TPSA) is 99.0 Å². The Balaban J connectivity index is 1.29. The number of fused-ring (bicyclic) bond motifs is 1. The van der Waals surface area contributed by atoms with Crippen molar-refractivity contribution in [3.05, 3.63) is 84.7 Å². The molecule has 2 heterocycles. The molecule has 8 nitrogen and oxygen atoms in total. The van der Waals surface area contributed by atoms with Crippen LogP contribution in [0.25, 0.3) is 5.82 Å². The van der Waals surface area contributed by atoms with Gasteiger partial charge in [0.15, 0.2) is 0 Å². The number of anilines is 1. The third-order valence-corrected chi connectivity index (χ3v) is 6.73. The first-order chi connectivity index (χ1) is 15.6. The zero-order valence-corrected chi connectivity index (χ0v) is 18.0. The van der Waals surface area contributed by atoms with E-state index < -0.39 is 10.0 Å². The van der Waals surface area contributed by atoms with Crippen molar-refractivity contribution in [3.63, 3.8) is 0 Å². The minimum Gasteiger partial charge on any atom is -0.439 e. The molecule has 0 bridgehead atoms. The number of nitrogens with zero attached hydrogens (tertiary/aromatic N) is 4. The van der Waals surface area contributed by atoms with E-state index in [0.29, 0.717) is 23.1 Å². The summed E-state index contributed by atoms with van der Waals surface area (Å²) in [6.07, 6.45) is 10.7. The van der Waals surface area contributed by atoms with Crippen LogP contribution in [0.15, 0.2) is 78.5 Å². The van der Waals surface area contributed by atoms with E-state index in [1.807, 2.05) is 6.07 Å². The number of aromatic nitrogens is 4. The summed E-state index contributed by atoms with van der Waals surface area (Å²) in [5.41, 5.74) is 2.83. The van der Waals surface area contributed by atoms with E-state index in [0.717, 1.165) is 31.2 Å². The molecule has 0 unspecified atom stereocenters. The number of hydrogen-bond donors (Lipinski definition) is 1. The van der Waals surface area contributed by atoms with Gasteiger partial charge in [-0.2, -0.15) is 0 Å². The maximum Gasteiger partial charge on any atom is 0.261 e. The maximum absolute atomic E-state index is 12.8. The Kier molecular flexibility index (Phi) is 5.32. The fourth-order valence-corrected chi connectivity index (χ4v) is 4.83. The zero-order valence-electron chi connectivity index (χ0n) is 17.2. The standard InChI is InChI=1S/C23H21N5O3S/c29-32(30,21-10-5-17-3-1-2-4-18(17)13-21)27-19-6-8-20(9-7-19)31-23-14-22(25-15-26-23)28-12-11-24-16-28/h5-16,27H,1-4H2. The number of ether oxygens (including phenoxy) is 1. The Morgan fingerprint density at radius 3 is 2.53 bits per heavy atom. The highest BCUT2D eigenvalue weighted by Crippen LogP contribution is 2.27. The van der Waals surface area contributed by atoms with Gasteiger partial charge in [-0.1, -0.05) is 6.07 Å². The predicted molar refractivity (Wildman–Crippen MR) is 120 cm³/mol. The minimum atomic E-state index is -3.67. The van der Waals surface area contributed by atoms with Gasteiger partial charge >= 0.3 is 0 Å². The molecule has 1 N–H and O–H groups in total. The number of imidazole rings is 1. The van der Waals surface area contributed by atoms with Crippen LogP contribution < -0.4 is 9.46 Å². The number of rotatable bonds is 6. The lowest BCUT2D eigenvalue weighted by molar-refractivity contribution is 0.461. The van der Waals surface area contributed by atoms with Crippen LogP contribution in [-0.4, -0.2) is 27.9 Å². The van der Waals surface area contributed by atoms with Crippen LogP contribution in [0, 0.1) is 0 Å². The molecule has 0 amide bonds. The van der Waals surface area contributed by atoms with E-state index >= 15 is 0 Å². The molecule has 32 heavy (non-hydrogen) atoms. The number of aryl methyl sites for hydroxylation is 2. The summed E-state index contributed by atoms with van der Waals surface area (Å²) in [7, 11) is -3.67. The quantitative estimate of drug-likeness (QED) is 0.477. The van der Waals surface area contributed by atoms with E-state index in [-0.39, 0.29) is 4.90 Å². The Bertz CT molecular complexity index is 1340. The number of nitrogens with one attached hydrogen (secondary N) is 1. The third-order valence-electron chi connectivity index (χ3n) is 5.36. The zero-order chi connectivity index (χ0) is 22.0. The van der Waals surface area contributed by atoms with Gasteiger partial charge in [-0.05, 0) is 73.2 Å². The van der Waals surface area contributed by atoms with Gasteiger partial charge in [0.05, 0.1) is 4.90 Å². The van der Waals surface area contributed by atoms with Gasteiger partial charge in [-0.3, -0.25) is 9.29 Å². The molecule has 0 saturated heterocycles. The summed E-state index contributed by atoms with van der Waals surface area (Å²) >= 11 is 0. The van der Waals surface area contributed by atoms with Crippen LogP contribution in [0.4, 0.5) is 5.69 Å². The largest absolute Gasteiger partial charge is 0.439 e. The van der Waals surface area contributed by atoms with Crippen molar-refractivity contribution in [2.24, 2.45) is 0 Å². The second-order valence-corrected chi connectivity index (χ2v) is 9.24. The molecule has 2 aromatic carbocycles. The minimum absolute atomic E-state index is 0.284. The molecule has 9 heteroatoms. The first-order valence-electron chi connectivity index (χ1n) is 10.3. The van der Waals surface area contributed by atoms with Crippen molar-refractivity contribution in [2.45, 2.75) is 30.6 Å². The molecule has 0 fully saturated rings. The summed E-state index contributed by atoms with van der Waals surface area (Å²) in [5, 5.41) is 0. The van der Waals surface area contributed by atoms with Crippen LogP contribution in [0.3, 0.4) is 0 Å². The van der Waals surface area contributed by atoms with Gasteiger partial charge in [-0.25, -0.2) is 23.4 Å². The second kappa shape index (κ2) is 8.43. The van der Waals surface area contributed by atoms with E-state index in [1.165, 1.54) is 11.9 Å². The summed E-state index contributed by atoms with van der Waals surface area (Å²) in [6.45, 7) is 0. The normalized spacial score (nSPS) is 13.4. The molecule has 2 aromatic heterocycles. The molecule has 0 aliphatic heterocycles. The highest BCUT2D eigenvalue weighted by atomic mass is 32.2.